The van der Waals surface area contributed by atoms with Gasteiger partial charge in [0.1, 0.15) is 0 Å². The molecule has 0 radical (unpaired) electrons. The quantitative estimate of drug-likeness (QED) is 0.800. The van der Waals surface area contributed by atoms with Crippen LogP contribution in [0, 0.1) is 5.92 Å². The van der Waals surface area contributed by atoms with E-state index in [1.54, 1.807) is 4.31 Å². The van der Waals surface area contributed by atoms with E-state index in [4.69, 9.17) is 0 Å². The van der Waals surface area contributed by atoms with Gasteiger partial charge in [-0.2, -0.15) is 12.7 Å². The van der Waals surface area contributed by atoms with Crippen LogP contribution in [0.5, 0.6) is 0 Å². The van der Waals surface area contributed by atoms with E-state index in [1.165, 1.54) is 0 Å². The van der Waals surface area contributed by atoms with Gasteiger partial charge in [-0.05, 0) is 32.1 Å². The molecule has 1 aliphatic carbocycles. The van der Waals surface area contributed by atoms with Crippen molar-refractivity contribution < 1.29 is 13.5 Å². The molecule has 1 saturated heterocycles. The molecule has 3 unspecified atom stereocenters. The lowest BCUT2D eigenvalue weighted by Crippen LogP contribution is -2.49. The van der Waals surface area contributed by atoms with Crippen molar-refractivity contribution in [1.29, 1.82) is 0 Å². The maximum absolute atomic E-state index is 12.3. The number of aliphatic hydroxyl groups is 1. The lowest BCUT2D eigenvalue weighted by molar-refractivity contribution is 0.0384. The molecule has 0 aromatic rings. The Hall–Kier alpha value is -0.170. The second-order valence-electron chi connectivity index (χ2n) is 5.74. The Morgan fingerprint density at radius 1 is 1.21 bits per heavy atom. The Labute approximate surface area is 116 Å². The zero-order valence-electron chi connectivity index (χ0n) is 11.7. The predicted molar refractivity (Wildman–Crippen MR) is 74.9 cm³/mol. The predicted octanol–water partition coefficient (Wildman–Crippen LogP) is 1.25. The number of nitrogens with one attached hydrogen (secondary N) is 1. The van der Waals surface area contributed by atoms with Gasteiger partial charge in [-0.15, -0.1) is 0 Å². The summed E-state index contributed by atoms with van der Waals surface area (Å²) in [6, 6.07) is -0.00958. The van der Waals surface area contributed by atoms with E-state index in [-0.39, 0.29) is 18.1 Å². The molecule has 0 bridgehead atoms. The van der Waals surface area contributed by atoms with Gasteiger partial charge in [-0.25, -0.2) is 4.72 Å². The van der Waals surface area contributed by atoms with Gasteiger partial charge in [0.15, 0.2) is 0 Å². The molecule has 2 aliphatic rings. The van der Waals surface area contributed by atoms with Crippen molar-refractivity contribution in [2.45, 2.75) is 64.0 Å². The number of hydrogen-bond acceptors (Lipinski definition) is 3. The molecule has 6 heteroatoms. The monoisotopic (exact) mass is 290 g/mol. The van der Waals surface area contributed by atoms with Crippen molar-refractivity contribution >= 4 is 10.2 Å². The van der Waals surface area contributed by atoms with Crippen LogP contribution in [0.4, 0.5) is 0 Å². The highest BCUT2D eigenvalue weighted by atomic mass is 32.2. The van der Waals surface area contributed by atoms with Gasteiger partial charge in [0, 0.05) is 25.0 Å². The van der Waals surface area contributed by atoms with Crippen molar-refractivity contribution in [2.75, 3.05) is 13.1 Å². The molecule has 19 heavy (non-hydrogen) atoms. The number of hydrogen-bond donors (Lipinski definition) is 2. The zero-order chi connectivity index (χ0) is 13.9. The van der Waals surface area contributed by atoms with E-state index in [0.717, 1.165) is 44.9 Å². The lowest BCUT2D eigenvalue weighted by atomic mass is 9.81. The fourth-order valence-corrected chi connectivity index (χ4v) is 5.01. The topological polar surface area (TPSA) is 69.6 Å². The molecule has 2 fully saturated rings. The van der Waals surface area contributed by atoms with Crippen LogP contribution in [0.1, 0.15) is 51.9 Å². The number of aliphatic hydroxyl groups excluding tert-OH is 1. The van der Waals surface area contributed by atoms with Crippen LogP contribution in [0.25, 0.3) is 0 Å². The van der Waals surface area contributed by atoms with Crippen molar-refractivity contribution in [3.8, 4) is 0 Å². The van der Waals surface area contributed by atoms with Gasteiger partial charge in [-0.1, -0.05) is 19.8 Å². The third-order valence-corrected chi connectivity index (χ3v) is 6.01. The minimum absolute atomic E-state index is 0.00958. The molecule has 0 aromatic carbocycles. The largest absolute Gasteiger partial charge is 0.393 e. The summed E-state index contributed by atoms with van der Waals surface area (Å²) >= 11 is 0. The molecule has 1 heterocycles. The van der Waals surface area contributed by atoms with Crippen LogP contribution in [-0.2, 0) is 10.2 Å². The van der Waals surface area contributed by atoms with Gasteiger partial charge >= 0.3 is 0 Å². The molecule has 5 nitrogen and oxygen atoms in total. The normalized spacial score (nSPS) is 33.7. The maximum atomic E-state index is 12.3. The first kappa shape index (κ1) is 15.2. The smallest absolute Gasteiger partial charge is 0.279 e. The van der Waals surface area contributed by atoms with Crippen molar-refractivity contribution in [3.63, 3.8) is 0 Å². The fourth-order valence-electron chi connectivity index (χ4n) is 3.39. The lowest BCUT2D eigenvalue weighted by Gasteiger charge is -2.36. The Morgan fingerprint density at radius 3 is 2.63 bits per heavy atom. The summed E-state index contributed by atoms with van der Waals surface area (Å²) in [6.07, 6.45) is 6.18. The average Bonchev–Trinajstić information content (AvgIpc) is 2.87. The summed E-state index contributed by atoms with van der Waals surface area (Å²) in [5.41, 5.74) is 0. The highest BCUT2D eigenvalue weighted by Gasteiger charge is 2.41. The Bertz CT molecular complexity index is 385. The Morgan fingerprint density at radius 2 is 1.95 bits per heavy atom. The molecule has 112 valence electrons. The van der Waals surface area contributed by atoms with Crippen LogP contribution in [0.2, 0.25) is 0 Å². The average molecular weight is 290 g/mol. The zero-order valence-corrected chi connectivity index (χ0v) is 12.5. The van der Waals surface area contributed by atoms with E-state index in [9.17, 15) is 13.5 Å². The van der Waals surface area contributed by atoms with Gasteiger partial charge in [0.05, 0.1) is 6.10 Å². The summed E-state index contributed by atoms with van der Waals surface area (Å²) in [5, 5.41) is 10.1. The van der Waals surface area contributed by atoms with Crippen LogP contribution in [0.3, 0.4) is 0 Å². The van der Waals surface area contributed by atoms with E-state index in [0.29, 0.717) is 13.1 Å². The van der Waals surface area contributed by atoms with E-state index in [2.05, 4.69) is 4.72 Å². The first-order valence-electron chi connectivity index (χ1n) is 7.50. The first-order chi connectivity index (χ1) is 9.06. The highest BCUT2D eigenvalue weighted by molar-refractivity contribution is 7.87. The molecule has 0 aromatic heterocycles. The van der Waals surface area contributed by atoms with Crippen molar-refractivity contribution in [2.24, 2.45) is 5.92 Å². The summed E-state index contributed by atoms with van der Waals surface area (Å²) in [4.78, 5) is 0. The SMILES string of the molecule is CCCNS(=O)(=O)N1CCCC1C1CCCCC1O. The minimum Gasteiger partial charge on any atom is -0.393 e. The van der Waals surface area contributed by atoms with Gasteiger partial charge in [0.2, 0.25) is 0 Å². The van der Waals surface area contributed by atoms with Gasteiger partial charge < -0.3 is 5.11 Å². The second-order valence-corrected chi connectivity index (χ2v) is 7.44. The fraction of sp³-hybridized carbons (Fsp3) is 1.00. The molecule has 0 spiro atoms. The summed E-state index contributed by atoms with van der Waals surface area (Å²) in [6.45, 7) is 3.03. The third-order valence-electron chi connectivity index (χ3n) is 4.37. The summed E-state index contributed by atoms with van der Waals surface area (Å²) in [7, 11) is -3.37. The van der Waals surface area contributed by atoms with Crippen molar-refractivity contribution in [1.82, 2.24) is 9.03 Å². The van der Waals surface area contributed by atoms with Crippen LogP contribution in [0.15, 0.2) is 0 Å². The van der Waals surface area contributed by atoms with E-state index in [1.807, 2.05) is 6.92 Å². The standard InChI is InChI=1S/C13H26N2O3S/c1-2-9-14-19(17,18)15-10-5-7-12(15)11-6-3-4-8-13(11)16/h11-14,16H,2-10H2,1H3. The number of rotatable bonds is 5. The van der Waals surface area contributed by atoms with E-state index < -0.39 is 10.2 Å². The summed E-state index contributed by atoms with van der Waals surface area (Å²) in [5.74, 6) is 0.120. The molecule has 1 saturated carbocycles. The molecular weight excluding hydrogens is 264 g/mol. The molecule has 3 atom stereocenters. The third kappa shape index (κ3) is 3.48. The summed E-state index contributed by atoms with van der Waals surface area (Å²) < 4.78 is 28.8. The van der Waals surface area contributed by atoms with Crippen LogP contribution in [-0.4, -0.2) is 43.1 Å². The highest BCUT2D eigenvalue weighted by Crippen LogP contribution is 2.35. The molecular formula is C13H26N2O3S. The van der Waals surface area contributed by atoms with E-state index >= 15 is 0 Å². The van der Waals surface area contributed by atoms with Gasteiger partial charge in [0.25, 0.3) is 10.2 Å². The maximum Gasteiger partial charge on any atom is 0.279 e. The van der Waals surface area contributed by atoms with Crippen LogP contribution >= 0.6 is 0 Å². The molecule has 2 rings (SSSR count). The Balaban J connectivity index is 2.07. The minimum atomic E-state index is -3.37. The van der Waals surface area contributed by atoms with Crippen molar-refractivity contribution in [3.05, 3.63) is 0 Å². The Kier molecular flexibility index (Phi) is 5.22. The molecule has 1 aliphatic heterocycles. The van der Waals surface area contributed by atoms with Crippen LogP contribution < -0.4 is 4.72 Å². The number of nitrogens with zero attached hydrogens (tertiary/aromatic N) is 1. The molecule has 0 amide bonds. The second kappa shape index (κ2) is 6.52. The first-order valence-corrected chi connectivity index (χ1v) is 8.94. The molecule has 2 N–H and O–H groups in total. The van der Waals surface area contributed by atoms with Gasteiger partial charge in [-0.3, -0.25) is 0 Å².